The zero-order valence-corrected chi connectivity index (χ0v) is 14.1. The highest BCUT2D eigenvalue weighted by molar-refractivity contribution is 5.90. The van der Waals surface area contributed by atoms with Crippen LogP contribution in [-0.2, 0) is 6.61 Å². The molecule has 0 saturated carbocycles. The maximum absolute atomic E-state index is 11.8. The first-order valence-corrected chi connectivity index (χ1v) is 8.22. The Kier molecular flexibility index (Phi) is 5.99. The number of hydrazone groups is 1. The first kappa shape index (κ1) is 17.2. The molecule has 0 aliphatic carbocycles. The maximum atomic E-state index is 11.8. The summed E-state index contributed by atoms with van der Waals surface area (Å²) in [5, 5.41) is 6.68. The molecular weight excluding hydrogens is 326 g/mol. The molecule has 3 aromatic rings. The van der Waals surface area contributed by atoms with Crippen LogP contribution in [0.5, 0.6) is 5.75 Å². The molecule has 0 aromatic heterocycles. The molecule has 26 heavy (non-hydrogen) atoms. The molecule has 5 nitrogen and oxygen atoms in total. The standard InChI is InChI=1S/C21H19N3O2/c25-21(23-19-12-5-2-6-13-19)24-22-15-18-11-7-8-14-20(18)26-16-17-9-3-1-4-10-17/h1-15H,16H2,(H2,23,24,25)/b22-15+. The average Bonchev–Trinajstić information content (AvgIpc) is 2.69. The molecule has 0 heterocycles. The Hall–Kier alpha value is -3.60. The summed E-state index contributed by atoms with van der Waals surface area (Å²) in [6.45, 7) is 0.466. The lowest BCUT2D eigenvalue weighted by Crippen LogP contribution is -2.24. The van der Waals surface area contributed by atoms with Gasteiger partial charge in [0.15, 0.2) is 0 Å². The molecule has 2 N–H and O–H groups in total. The highest BCUT2D eigenvalue weighted by Gasteiger charge is 2.02. The lowest BCUT2D eigenvalue weighted by atomic mass is 10.2. The number of carbonyl (C=O) groups excluding carboxylic acids is 1. The second-order valence-electron chi connectivity index (χ2n) is 5.50. The van der Waals surface area contributed by atoms with Gasteiger partial charge in [-0.2, -0.15) is 5.10 Å². The van der Waals surface area contributed by atoms with E-state index in [9.17, 15) is 4.79 Å². The molecule has 5 heteroatoms. The number of urea groups is 1. The van der Waals surface area contributed by atoms with Crippen LogP contribution < -0.4 is 15.5 Å². The molecule has 0 radical (unpaired) electrons. The van der Waals surface area contributed by atoms with Gasteiger partial charge < -0.3 is 10.1 Å². The van der Waals surface area contributed by atoms with Crippen molar-refractivity contribution in [2.24, 2.45) is 5.10 Å². The lowest BCUT2D eigenvalue weighted by Gasteiger charge is -2.09. The molecule has 2 amide bonds. The number of hydrogen-bond donors (Lipinski definition) is 2. The van der Waals surface area contributed by atoms with Gasteiger partial charge in [-0.15, -0.1) is 0 Å². The van der Waals surface area contributed by atoms with Crippen molar-refractivity contribution in [2.75, 3.05) is 5.32 Å². The number of hydrogen-bond acceptors (Lipinski definition) is 3. The number of anilines is 1. The van der Waals surface area contributed by atoms with Crippen LogP contribution in [0.15, 0.2) is 90.0 Å². The summed E-state index contributed by atoms with van der Waals surface area (Å²) >= 11 is 0. The van der Waals surface area contributed by atoms with Gasteiger partial charge in [0, 0.05) is 11.3 Å². The summed E-state index contributed by atoms with van der Waals surface area (Å²) in [7, 11) is 0. The van der Waals surface area contributed by atoms with Gasteiger partial charge in [0.05, 0.1) is 6.21 Å². The van der Waals surface area contributed by atoms with E-state index in [2.05, 4.69) is 15.8 Å². The number of ether oxygens (including phenoxy) is 1. The van der Waals surface area contributed by atoms with Crippen LogP contribution in [0.2, 0.25) is 0 Å². The Bertz CT molecular complexity index is 865. The van der Waals surface area contributed by atoms with Gasteiger partial charge in [0.25, 0.3) is 0 Å². The SMILES string of the molecule is O=C(N/N=C/c1ccccc1OCc1ccccc1)Nc1ccccc1. The molecule has 0 bridgehead atoms. The van der Waals surface area contributed by atoms with E-state index in [0.29, 0.717) is 18.0 Å². The van der Waals surface area contributed by atoms with Gasteiger partial charge in [-0.05, 0) is 29.8 Å². The topological polar surface area (TPSA) is 62.7 Å². The summed E-state index contributed by atoms with van der Waals surface area (Å²) in [5.41, 5.74) is 5.01. The van der Waals surface area contributed by atoms with E-state index in [-0.39, 0.29) is 0 Å². The lowest BCUT2D eigenvalue weighted by molar-refractivity contribution is 0.252. The highest BCUT2D eigenvalue weighted by atomic mass is 16.5. The number of carbonyl (C=O) groups is 1. The third-order valence-electron chi connectivity index (χ3n) is 3.56. The fraction of sp³-hybridized carbons (Fsp3) is 0.0476. The number of nitrogens with zero attached hydrogens (tertiary/aromatic N) is 1. The second kappa shape index (κ2) is 9.03. The summed E-state index contributed by atoms with van der Waals surface area (Å²) in [4.78, 5) is 11.8. The molecule has 130 valence electrons. The van der Waals surface area contributed by atoms with Gasteiger partial charge in [0.1, 0.15) is 12.4 Å². The summed E-state index contributed by atoms with van der Waals surface area (Å²) in [6, 6.07) is 26.2. The number of rotatable bonds is 6. The van der Waals surface area contributed by atoms with Gasteiger partial charge in [-0.25, -0.2) is 10.2 Å². The first-order valence-electron chi connectivity index (χ1n) is 8.22. The van der Waals surface area contributed by atoms with E-state index in [1.54, 1.807) is 18.3 Å². The number of benzene rings is 3. The molecule has 3 rings (SSSR count). The highest BCUT2D eigenvalue weighted by Crippen LogP contribution is 2.17. The molecule has 0 aliphatic rings. The Morgan fingerprint density at radius 1 is 0.885 bits per heavy atom. The van der Waals surface area contributed by atoms with Crippen molar-refractivity contribution < 1.29 is 9.53 Å². The van der Waals surface area contributed by atoms with Crippen molar-refractivity contribution in [2.45, 2.75) is 6.61 Å². The van der Waals surface area contributed by atoms with E-state index in [0.717, 1.165) is 11.1 Å². The second-order valence-corrected chi connectivity index (χ2v) is 5.50. The summed E-state index contributed by atoms with van der Waals surface area (Å²) in [5.74, 6) is 0.699. The minimum atomic E-state index is -0.407. The molecule has 3 aromatic carbocycles. The van der Waals surface area contributed by atoms with Crippen LogP contribution in [0, 0.1) is 0 Å². The molecule has 0 aliphatic heterocycles. The number of amides is 2. The average molecular weight is 345 g/mol. The predicted octanol–water partition coefficient (Wildman–Crippen LogP) is 4.42. The van der Waals surface area contributed by atoms with Crippen molar-refractivity contribution in [3.8, 4) is 5.75 Å². The molecule has 0 unspecified atom stereocenters. The molecule has 0 spiro atoms. The van der Waals surface area contributed by atoms with Crippen molar-refractivity contribution in [1.29, 1.82) is 0 Å². The van der Waals surface area contributed by atoms with Crippen LogP contribution in [0.1, 0.15) is 11.1 Å². The van der Waals surface area contributed by atoms with Gasteiger partial charge in [0.2, 0.25) is 0 Å². The third-order valence-corrected chi connectivity index (χ3v) is 3.56. The Balaban J connectivity index is 1.57. The fourth-order valence-corrected chi connectivity index (χ4v) is 2.29. The zero-order valence-electron chi connectivity index (χ0n) is 14.1. The van der Waals surface area contributed by atoms with E-state index < -0.39 is 6.03 Å². The minimum Gasteiger partial charge on any atom is -0.488 e. The monoisotopic (exact) mass is 345 g/mol. The minimum absolute atomic E-state index is 0.407. The van der Waals surface area contributed by atoms with Crippen LogP contribution in [0.4, 0.5) is 10.5 Å². The molecular formula is C21H19N3O2. The Morgan fingerprint density at radius 3 is 2.31 bits per heavy atom. The maximum Gasteiger partial charge on any atom is 0.339 e. The van der Waals surface area contributed by atoms with Gasteiger partial charge in [-0.1, -0.05) is 60.7 Å². The summed E-state index contributed by atoms with van der Waals surface area (Å²) < 4.78 is 5.86. The van der Waals surface area contributed by atoms with E-state index in [4.69, 9.17) is 4.74 Å². The zero-order chi connectivity index (χ0) is 18.0. The van der Waals surface area contributed by atoms with Crippen molar-refractivity contribution in [3.63, 3.8) is 0 Å². The summed E-state index contributed by atoms with van der Waals surface area (Å²) in [6.07, 6.45) is 1.56. The van der Waals surface area contributed by atoms with Crippen LogP contribution in [0.3, 0.4) is 0 Å². The Labute approximate surface area is 152 Å². The smallest absolute Gasteiger partial charge is 0.339 e. The van der Waals surface area contributed by atoms with E-state index in [1.165, 1.54) is 0 Å². The van der Waals surface area contributed by atoms with Crippen LogP contribution in [-0.4, -0.2) is 12.2 Å². The largest absolute Gasteiger partial charge is 0.488 e. The van der Waals surface area contributed by atoms with Gasteiger partial charge >= 0.3 is 6.03 Å². The van der Waals surface area contributed by atoms with E-state index in [1.807, 2.05) is 72.8 Å². The number of nitrogens with one attached hydrogen (secondary N) is 2. The quantitative estimate of drug-likeness (QED) is 0.513. The predicted molar refractivity (Wildman–Crippen MR) is 103 cm³/mol. The van der Waals surface area contributed by atoms with Crippen LogP contribution >= 0.6 is 0 Å². The van der Waals surface area contributed by atoms with Gasteiger partial charge in [-0.3, -0.25) is 0 Å². The van der Waals surface area contributed by atoms with Crippen molar-refractivity contribution in [1.82, 2.24) is 5.43 Å². The van der Waals surface area contributed by atoms with E-state index >= 15 is 0 Å². The molecule has 0 fully saturated rings. The molecule has 0 saturated heterocycles. The Morgan fingerprint density at radius 2 is 1.54 bits per heavy atom. The van der Waals surface area contributed by atoms with Crippen LogP contribution in [0.25, 0.3) is 0 Å². The third kappa shape index (κ3) is 5.21. The first-order chi connectivity index (χ1) is 12.8. The normalized spacial score (nSPS) is 10.5. The van der Waals surface area contributed by atoms with Crippen molar-refractivity contribution in [3.05, 3.63) is 96.1 Å². The molecule has 0 atom stereocenters. The van der Waals surface area contributed by atoms with Crippen molar-refractivity contribution >= 4 is 17.9 Å². The fourth-order valence-electron chi connectivity index (χ4n) is 2.29. The number of para-hydroxylation sites is 2.